The van der Waals surface area contributed by atoms with Gasteiger partial charge in [-0.1, -0.05) is 83.9 Å². The van der Waals surface area contributed by atoms with E-state index in [1.54, 1.807) is 24.3 Å². The van der Waals surface area contributed by atoms with Crippen LogP contribution in [-0.4, -0.2) is 17.6 Å². The van der Waals surface area contributed by atoms with Crippen LogP contribution in [0, 0.1) is 0 Å². The summed E-state index contributed by atoms with van der Waals surface area (Å²) in [7, 11) is 0. The van der Waals surface area contributed by atoms with Gasteiger partial charge >= 0.3 is 0 Å². The molecule has 2 N–H and O–H groups in total. The molecule has 1 amide bonds. The van der Waals surface area contributed by atoms with Gasteiger partial charge < -0.3 is 15.2 Å². The van der Waals surface area contributed by atoms with Crippen LogP contribution in [0.2, 0.25) is 10.0 Å². The van der Waals surface area contributed by atoms with Crippen molar-refractivity contribution in [3.63, 3.8) is 0 Å². The third-order valence-corrected chi connectivity index (χ3v) is 5.46. The summed E-state index contributed by atoms with van der Waals surface area (Å²) >= 11 is 12.0. The Hall–Kier alpha value is -3.21. The van der Waals surface area contributed by atoms with E-state index in [1.807, 2.05) is 60.7 Å². The summed E-state index contributed by atoms with van der Waals surface area (Å²) in [5, 5.41) is 16.3. The number of aromatic hydroxyl groups is 1. The summed E-state index contributed by atoms with van der Waals surface area (Å²) in [6.07, 6.45) is 0. The van der Waals surface area contributed by atoms with E-state index in [-0.39, 0.29) is 18.3 Å². The molecule has 156 valence electrons. The topological polar surface area (TPSA) is 58.6 Å². The van der Waals surface area contributed by atoms with Gasteiger partial charge in [0.25, 0.3) is 5.91 Å². The quantitative estimate of drug-likeness (QED) is 0.370. The molecule has 6 heteroatoms. The summed E-state index contributed by atoms with van der Waals surface area (Å²) in [5.74, 6) is 0.118. The molecule has 0 aromatic heterocycles. The number of benzene rings is 4. The lowest BCUT2D eigenvalue weighted by atomic mass is 9.92. The van der Waals surface area contributed by atoms with Gasteiger partial charge in [-0.2, -0.15) is 0 Å². The van der Waals surface area contributed by atoms with Crippen molar-refractivity contribution in [2.24, 2.45) is 0 Å². The molecule has 0 bridgehead atoms. The molecule has 0 radical (unpaired) electrons. The fourth-order valence-electron chi connectivity index (χ4n) is 3.49. The number of fused-ring (bicyclic) bond motifs is 1. The van der Waals surface area contributed by atoms with E-state index in [2.05, 4.69) is 5.32 Å². The minimum Gasteiger partial charge on any atom is -0.508 e. The van der Waals surface area contributed by atoms with E-state index in [9.17, 15) is 9.90 Å². The van der Waals surface area contributed by atoms with Crippen LogP contribution >= 0.6 is 23.2 Å². The average molecular weight is 452 g/mol. The number of phenols is 1. The third kappa shape index (κ3) is 4.76. The van der Waals surface area contributed by atoms with Crippen LogP contribution in [0.5, 0.6) is 11.5 Å². The van der Waals surface area contributed by atoms with Gasteiger partial charge in [0, 0.05) is 10.6 Å². The van der Waals surface area contributed by atoms with Crippen molar-refractivity contribution in [2.45, 2.75) is 6.04 Å². The van der Waals surface area contributed by atoms with Crippen LogP contribution in [-0.2, 0) is 4.79 Å². The van der Waals surface area contributed by atoms with Crippen molar-refractivity contribution < 1.29 is 14.6 Å². The summed E-state index contributed by atoms with van der Waals surface area (Å²) < 4.78 is 5.58. The van der Waals surface area contributed by atoms with Crippen LogP contribution in [0.4, 0.5) is 0 Å². The highest BCUT2D eigenvalue weighted by atomic mass is 35.5. The standard InChI is InChI=1S/C25H19Cl2NO3/c26-18-11-13-22(20(27)14-18)31-15-23(30)28-25(17-7-2-1-3-8-17)24-19-9-5-4-6-16(19)10-12-21(24)29/h1-14,25,29H,15H2,(H,28,30). The van der Waals surface area contributed by atoms with Crippen molar-refractivity contribution in [3.05, 3.63) is 106 Å². The first-order valence-corrected chi connectivity index (χ1v) is 10.4. The van der Waals surface area contributed by atoms with Gasteiger partial charge in [0.1, 0.15) is 11.5 Å². The Morgan fingerprint density at radius 1 is 0.935 bits per heavy atom. The zero-order valence-electron chi connectivity index (χ0n) is 16.4. The number of halogens is 2. The Labute approximate surface area is 190 Å². The molecule has 0 fully saturated rings. The van der Waals surface area contributed by atoms with Gasteiger partial charge in [-0.15, -0.1) is 0 Å². The number of hydrogen-bond donors (Lipinski definition) is 2. The molecule has 0 aliphatic heterocycles. The lowest BCUT2D eigenvalue weighted by molar-refractivity contribution is -0.123. The fraction of sp³-hybridized carbons (Fsp3) is 0.0800. The molecule has 0 saturated heterocycles. The third-order valence-electron chi connectivity index (χ3n) is 4.93. The first-order valence-electron chi connectivity index (χ1n) is 9.65. The zero-order valence-corrected chi connectivity index (χ0v) is 17.9. The lowest BCUT2D eigenvalue weighted by Gasteiger charge is -2.23. The SMILES string of the molecule is O=C(COc1ccc(Cl)cc1Cl)NC(c1ccccc1)c1c(O)ccc2ccccc12. The Morgan fingerprint density at radius 2 is 1.68 bits per heavy atom. The van der Waals surface area contributed by atoms with Gasteiger partial charge in [-0.25, -0.2) is 0 Å². The Morgan fingerprint density at radius 3 is 2.45 bits per heavy atom. The molecule has 31 heavy (non-hydrogen) atoms. The van der Waals surface area contributed by atoms with Gasteiger partial charge in [-0.05, 0) is 40.6 Å². The largest absolute Gasteiger partial charge is 0.508 e. The van der Waals surface area contributed by atoms with Crippen molar-refractivity contribution >= 4 is 39.9 Å². The molecule has 0 heterocycles. The molecule has 4 aromatic rings. The maximum atomic E-state index is 12.8. The predicted octanol–water partition coefficient (Wildman–Crippen LogP) is 6.14. The number of phenolic OH excluding ortho intramolecular Hbond substituents is 1. The van der Waals surface area contributed by atoms with Gasteiger partial charge in [0.2, 0.25) is 0 Å². The van der Waals surface area contributed by atoms with Crippen LogP contribution in [0.1, 0.15) is 17.2 Å². The normalized spacial score (nSPS) is 11.8. The molecule has 4 rings (SSSR count). The van der Waals surface area contributed by atoms with Gasteiger partial charge in [-0.3, -0.25) is 4.79 Å². The Kier molecular flexibility index (Phi) is 6.31. The molecule has 4 aromatic carbocycles. The van der Waals surface area contributed by atoms with Gasteiger partial charge in [0.15, 0.2) is 6.61 Å². The zero-order chi connectivity index (χ0) is 21.8. The summed E-state index contributed by atoms with van der Waals surface area (Å²) in [6.45, 7) is -0.240. The molecule has 0 spiro atoms. The van der Waals surface area contributed by atoms with Crippen LogP contribution in [0.3, 0.4) is 0 Å². The lowest BCUT2D eigenvalue weighted by Crippen LogP contribution is -2.33. The van der Waals surface area contributed by atoms with Crippen LogP contribution in [0.25, 0.3) is 10.8 Å². The monoisotopic (exact) mass is 451 g/mol. The van der Waals surface area contributed by atoms with E-state index >= 15 is 0 Å². The number of carbonyl (C=O) groups is 1. The molecule has 1 unspecified atom stereocenters. The highest BCUT2D eigenvalue weighted by Gasteiger charge is 2.22. The number of carbonyl (C=O) groups excluding carboxylic acids is 1. The van der Waals surface area contributed by atoms with E-state index in [0.717, 1.165) is 16.3 Å². The molecular weight excluding hydrogens is 433 g/mol. The van der Waals surface area contributed by atoms with E-state index in [1.165, 1.54) is 0 Å². The van der Waals surface area contributed by atoms with Crippen LogP contribution in [0.15, 0.2) is 84.9 Å². The Bertz CT molecular complexity index is 1230. The first-order chi connectivity index (χ1) is 15.0. The highest BCUT2D eigenvalue weighted by Crippen LogP contribution is 2.36. The second-order valence-corrected chi connectivity index (χ2v) is 7.84. The number of nitrogens with one attached hydrogen (secondary N) is 1. The maximum absolute atomic E-state index is 12.8. The van der Waals surface area contributed by atoms with E-state index in [4.69, 9.17) is 27.9 Å². The average Bonchev–Trinajstić information content (AvgIpc) is 2.78. The maximum Gasteiger partial charge on any atom is 0.258 e. The highest BCUT2D eigenvalue weighted by molar-refractivity contribution is 6.35. The second kappa shape index (κ2) is 9.29. The summed E-state index contributed by atoms with van der Waals surface area (Å²) in [5.41, 5.74) is 1.47. The Balaban J connectivity index is 1.64. The molecule has 0 aliphatic rings. The van der Waals surface area contributed by atoms with E-state index < -0.39 is 6.04 Å². The summed E-state index contributed by atoms with van der Waals surface area (Å²) in [6, 6.07) is 25.0. The second-order valence-electron chi connectivity index (χ2n) is 6.99. The number of rotatable bonds is 6. The molecule has 4 nitrogen and oxygen atoms in total. The van der Waals surface area contributed by atoms with Crippen molar-refractivity contribution in [2.75, 3.05) is 6.61 Å². The number of amides is 1. The molecular formula is C25H19Cl2NO3. The predicted molar refractivity (Wildman–Crippen MR) is 124 cm³/mol. The van der Waals surface area contributed by atoms with Gasteiger partial charge in [0.05, 0.1) is 11.1 Å². The molecule has 0 saturated carbocycles. The first kappa shape index (κ1) is 21.0. The fourth-order valence-corrected chi connectivity index (χ4v) is 3.96. The molecule has 0 aliphatic carbocycles. The van der Waals surface area contributed by atoms with Crippen molar-refractivity contribution in [1.29, 1.82) is 0 Å². The van der Waals surface area contributed by atoms with E-state index in [0.29, 0.717) is 21.4 Å². The number of hydrogen-bond acceptors (Lipinski definition) is 3. The minimum atomic E-state index is -0.566. The smallest absolute Gasteiger partial charge is 0.258 e. The van der Waals surface area contributed by atoms with Crippen molar-refractivity contribution in [1.82, 2.24) is 5.32 Å². The van der Waals surface area contributed by atoms with Crippen LogP contribution < -0.4 is 10.1 Å². The van der Waals surface area contributed by atoms with Crippen molar-refractivity contribution in [3.8, 4) is 11.5 Å². The summed E-state index contributed by atoms with van der Waals surface area (Å²) in [4.78, 5) is 12.8. The number of ether oxygens (including phenoxy) is 1. The molecule has 1 atom stereocenters. The minimum absolute atomic E-state index is 0.106.